The fourth-order valence-electron chi connectivity index (χ4n) is 3.27. The first kappa shape index (κ1) is 14.4. The minimum absolute atomic E-state index is 0.0505. The average molecular weight is 296 g/mol. The van der Waals surface area contributed by atoms with Gasteiger partial charge in [0.05, 0.1) is 24.2 Å². The number of aliphatic hydroxyl groups is 1. The summed E-state index contributed by atoms with van der Waals surface area (Å²) in [7, 11) is 0. The van der Waals surface area contributed by atoms with Crippen molar-refractivity contribution in [3.8, 4) is 0 Å². The Morgan fingerprint density at radius 1 is 1.52 bits per heavy atom. The molecule has 21 heavy (non-hydrogen) atoms. The average Bonchev–Trinajstić information content (AvgIpc) is 3.13. The topological polar surface area (TPSA) is 93.7 Å². The lowest BCUT2D eigenvalue weighted by Crippen LogP contribution is -2.35. The van der Waals surface area contributed by atoms with Gasteiger partial charge < -0.3 is 14.7 Å². The third-order valence-corrected chi connectivity index (χ3v) is 4.40. The Morgan fingerprint density at radius 3 is 3.05 bits per heavy atom. The van der Waals surface area contributed by atoms with Gasteiger partial charge in [0.2, 0.25) is 0 Å². The van der Waals surface area contributed by atoms with Crippen molar-refractivity contribution in [1.82, 2.24) is 14.7 Å². The molecule has 0 amide bonds. The van der Waals surface area contributed by atoms with Gasteiger partial charge >= 0.3 is 5.69 Å². The Labute approximate surface area is 122 Å². The first-order valence-corrected chi connectivity index (χ1v) is 7.21. The highest BCUT2D eigenvalue weighted by atomic mass is 16.6. The summed E-state index contributed by atoms with van der Waals surface area (Å²) in [5.74, 6) is 0. The molecular weight excluding hydrogens is 276 g/mol. The summed E-state index contributed by atoms with van der Waals surface area (Å²) in [5, 5.41) is 24.6. The maximum Gasteiger partial charge on any atom is 0.306 e. The molecule has 2 atom stereocenters. The molecule has 0 aromatic carbocycles. The third kappa shape index (κ3) is 3.22. The van der Waals surface area contributed by atoms with Crippen LogP contribution in [0.5, 0.6) is 0 Å². The molecule has 1 aromatic rings. The molecule has 0 aliphatic carbocycles. The number of likely N-dealkylation sites (tertiary alicyclic amines) is 1. The van der Waals surface area contributed by atoms with Crippen LogP contribution in [-0.4, -0.2) is 63.7 Å². The summed E-state index contributed by atoms with van der Waals surface area (Å²) >= 11 is 0. The van der Waals surface area contributed by atoms with Gasteiger partial charge in [0.15, 0.2) is 0 Å². The van der Waals surface area contributed by atoms with E-state index in [9.17, 15) is 15.2 Å². The van der Waals surface area contributed by atoms with Crippen molar-refractivity contribution in [3.05, 3.63) is 22.5 Å². The maximum absolute atomic E-state index is 10.6. The molecule has 2 fully saturated rings. The lowest BCUT2D eigenvalue weighted by molar-refractivity contribution is -0.385. The molecule has 0 unspecified atom stereocenters. The van der Waals surface area contributed by atoms with E-state index in [4.69, 9.17) is 4.74 Å². The smallest absolute Gasteiger partial charge is 0.306 e. The minimum Gasteiger partial charge on any atom is -0.390 e. The molecular formula is C13H20N4O4. The van der Waals surface area contributed by atoms with Crippen LogP contribution in [0.25, 0.3) is 0 Å². The first-order chi connectivity index (χ1) is 10.1. The molecule has 8 heteroatoms. The zero-order valence-electron chi connectivity index (χ0n) is 11.8. The van der Waals surface area contributed by atoms with Crippen LogP contribution < -0.4 is 0 Å². The zero-order chi connectivity index (χ0) is 14.9. The van der Waals surface area contributed by atoms with Gasteiger partial charge in [-0.2, -0.15) is 5.10 Å². The predicted octanol–water partition coefficient (Wildman–Crippen LogP) is 0.265. The van der Waals surface area contributed by atoms with E-state index in [0.717, 1.165) is 39.1 Å². The van der Waals surface area contributed by atoms with Crippen LogP contribution in [0.2, 0.25) is 0 Å². The molecule has 1 N–H and O–H groups in total. The van der Waals surface area contributed by atoms with Crippen LogP contribution in [0.1, 0.15) is 12.8 Å². The Morgan fingerprint density at radius 2 is 2.38 bits per heavy atom. The summed E-state index contributed by atoms with van der Waals surface area (Å²) in [6.07, 6.45) is 4.19. The molecule has 8 nitrogen and oxygen atoms in total. The Bertz CT molecular complexity index is 512. The molecule has 2 aliphatic rings. The lowest BCUT2D eigenvalue weighted by Gasteiger charge is -2.23. The quantitative estimate of drug-likeness (QED) is 0.619. The highest BCUT2D eigenvalue weighted by Crippen LogP contribution is 2.38. The lowest BCUT2D eigenvalue weighted by atomic mass is 9.87. The van der Waals surface area contributed by atoms with Crippen LogP contribution >= 0.6 is 0 Å². The van der Waals surface area contributed by atoms with Gasteiger partial charge in [-0.3, -0.25) is 14.8 Å². The van der Waals surface area contributed by atoms with E-state index in [1.54, 1.807) is 0 Å². The monoisotopic (exact) mass is 296 g/mol. The molecule has 1 spiro atoms. The molecule has 116 valence electrons. The van der Waals surface area contributed by atoms with E-state index in [0.29, 0.717) is 6.54 Å². The van der Waals surface area contributed by atoms with E-state index in [-0.39, 0.29) is 17.6 Å². The number of hydrogen-bond acceptors (Lipinski definition) is 6. The van der Waals surface area contributed by atoms with Gasteiger partial charge in [-0.1, -0.05) is 0 Å². The number of nitro groups is 1. The van der Waals surface area contributed by atoms with Gasteiger partial charge in [0.25, 0.3) is 0 Å². The largest absolute Gasteiger partial charge is 0.390 e. The van der Waals surface area contributed by atoms with Gasteiger partial charge in [0, 0.05) is 25.1 Å². The van der Waals surface area contributed by atoms with Crippen molar-refractivity contribution >= 4 is 5.69 Å². The van der Waals surface area contributed by atoms with Gasteiger partial charge in [0.1, 0.15) is 12.4 Å². The van der Waals surface area contributed by atoms with E-state index in [2.05, 4.69) is 10.00 Å². The molecule has 2 aliphatic heterocycles. The normalized spacial score (nSPS) is 27.5. The maximum atomic E-state index is 10.6. The zero-order valence-corrected chi connectivity index (χ0v) is 11.8. The number of nitrogens with zero attached hydrogens (tertiary/aromatic N) is 4. The van der Waals surface area contributed by atoms with Crippen molar-refractivity contribution in [1.29, 1.82) is 0 Å². The Balaban J connectivity index is 1.50. The molecule has 3 heterocycles. The summed E-state index contributed by atoms with van der Waals surface area (Å²) in [6, 6.07) is 0. The van der Waals surface area contributed by atoms with Crippen molar-refractivity contribution in [2.75, 3.05) is 32.8 Å². The highest BCUT2D eigenvalue weighted by Gasteiger charge is 2.41. The van der Waals surface area contributed by atoms with Crippen LogP contribution in [0.4, 0.5) is 5.69 Å². The fraction of sp³-hybridized carbons (Fsp3) is 0.769. The second kappa shape index (κ2) is 5.70. The van der Waals surface area contributed by atoms with Crippen LogP contribution in [0, 0.1) is 15.5 Å². The van der Waals surface area contributed by atoms with E-state index < -0.39 is 11.0 Å². The van der Waals surface area contributed by atoms with E-state index in [1.165, 1.54) is 17.1 Å². The molecule has 0 saturated carbocycles. The van der Waals surface area contributed by atoms with E-state index in [1.807, 2.05) is 0 Å². The van der Waals surface area contributed by atoms with Crippen molar-refractivity contribution in [2.24, 2.45) is 5.41 Å². The second-order valence-corrected chi connectivity index (χ2v) is 6.12. The van der Waals surface area contributed by atoms with Crippen LogP contribution in [-0.2, 0) is 11.3 Å². The van der Waals surface area contributed by atoms with Crippen molar-refractivity contribution in [2.45, 2.75) is 25.5 Å². The molecule has 1 aromatic heterocycles. The van der Waals surface area contributed by atoms with Crippen molar-refractivity contribution in [3.63, 3.8) is 0 Å². The number of aromatic nitrogens is 2. The fourth-order valence-corrected chi connectivity index (χ4v) is 3.27. The SMILES string of the molecule is O=[N+]([O-])c1cnn(C[C@@H](O)CN2CC[C@]3(CCOC3)C2)c1. The predicted molar refractivity (Wildman–Crippen MR) is 73.8 cm³/mol. The summed E-state index contributed by atoms with van der Waals surface area (Å²) in [6.45, 7) is 4.44. The first-order valence-electron chi connectivity index (χ1n) is 7.21. The molecule has 3 rings (SSSR count). The number of aliphatic hydroxyl groups excluding tert-OH is 1. The van der Waals surface area contributed by atoms with Crippen LogP contribution in [0.3, 0.4) is 0 Å². The standard InChI is InChI=1S/C13H20N4O4/c18-12(8-16-6-11(5-14-16)17(19)20)7-15-3-1-13(9-15)2-4-21-10-13/h5-6,12,18H,1-4,7-10H2/t12-,13-/m0/s1. The van der Waals surface area contributed by atoms with Gasteiger partial charge in [-0.05, 0) is 19.4 Å². The number of β-amino-alcohol motifs (C(OH)–C–C–N with tert-alkyl or cyclic N) is 1. The molecule has 0 radical (unpaired) electrons. The molecule has 2 saturated heterocycles. The third-order valence-electron chi connectivity index (χ3n) is 4.40. The number of ether oxygens (including phenoxy) is 1. The van der Waals surface area contributed by atoms with Crippen LogP contribution in [0.15, 0.2) is 12.4 Å². The minimum atomic E-state index is -0.582. The Kier molecular flexibility index (Phi) is 3.92. The summed E-state index contributed by atoms with van der Waals surface area (Å²) in [4.78, 5) is 12.4. The Hall–Kier alpha value is -1.51. The van der Waals surface area contributed by atoms with E-state index >= 15 is 0 Å². The van der Waals surface area contributed by atoms with Crippen molar-refractivity contribution < 1.29 is 14.8 Å². The second-order valence-electron chi connectivity index (χ2n) is 6.12. The number of hydrogen-bond donors (Lipinski definition) is 1. The number of rotatable bonds is 5. The van der Waals surface area contributed by atoms with Gasteiger partial charge in [-0.15, -0.1) is 0 Å². The molecule has 0 bridgehead atoms. The summed E-state index contributed by atoms with van der Waals surface area (Å²) < 4.78 is 6.91. The summed E-state index contributed by atoms with van der Waals surface area (Å²) in [5.41, 5.74) is 0.231. The highest BCUT2D eigenvalue weighted by molar-refractivity contribution is 5.20. The van der Waals surface area contributed by atoms with Gasteiger partial charge in [-0.25, -0.2) is 0 Å².